The molecule has 21 heavy (non-hydrogen) atoms. The van der Waals surface area contributed by atoms with Gasteiger partial charge in [-0.2, -0.15) is 8.42 Å². The number of ether oxygens (including phenoxy) is 1. The van der Waals surface area contributed by atoms with Crippen LogP contribution < -0.4 is 15.2 Å². The molecule has 112 valence electrons. The van der Waals surface area contributed by atoms with Crippen LogP contribution in [0.1, 0.15) is 0 Å². The van der Waals surface area contributed by atoms with E-state index in [1.165, 1.54) is 12.5 Å². The Hall–Kier alpha value is -2.13. The minimum atomic E-state index is -3.73. The van der Waals surface area contributed by atoms with Crippen LogP contribution in [0.5, 0.6) is 5.75 Å². The number of benzene rings is 1. The quantitative estimate of drug-likeness (QED) is 0.765. The Morgan fingerprint density at radius 3 is 2.90 bits per heavy atom. The van der Waals surface area contributed by atoms with Crippen molar-refractivity contribution >= 4 is 32.9 Å². The van der Waals surface area contributed by atoms with Crippen LogP contribution in [0, 0.1) is 0 Å². The van der Waals surface area contributed by atoms with E-state index in [9.17, 15) is 8.42 Å². The second kappa shape index (κ2) is 6.10. The molecule has 7 nitrogen and oxygen atoms in total. The summed E-state index contributed by atoms with van der Waals surface area (Å²) < 4.78 is 33.5. The molecule has 0 spiro atoms. The van der Waals surface area contributed by atoms with Gasteiger partial charge in [0.15, 0.2) is 5.03 Å². The molecular weight excluding hydrogens is 312 g/mol. The Balaban J connectivity index is 2.16. The molecule has 0 aliphatic heterocycles. The second-order valence-corrected chi connectivity index (χ2v) is 6.42. The first-order valence-corrected chi connectivity index (χ1v) is 7.78. The summed E-state index contributed by atoms with van der Waals surface area (Å²) in [6, 6.07) is 6.48. The van der Waals surface area contributed by atoms with E-state index < -0.39 is 10.0 Å². The van der Waals surface area contributed by atoms with Crippen molar-refractivity contribution in [3.63, 3.8) is 0 Å². The van der Waals surface area contributed by atoms with Gasteiger partial charge < -0.3 is 15.0 Å². The van der Waals surface area contributed by atoms with Crippen molar-refractivity contribution in [2.24, 2.45) is 12.8 Å². The van der Waals surface area contributed by atoms with Crippen molar-refractivity contribution in [1.82, 2.24) is 9.55 Å². The number of nitrogens with one attached hydrogen (secondary N) is 1. The monoisotopic (exact) mass is 326 g/mol. The van der Waals surface area contributed by atoms with Crippen molar-refractivity contribution in [3.05, 3.63) is 36.8 Å². The predicted octanol–water partition coefficient (Wildman–Crippen LogP) is 0.886. The number of thiocarbonyl (C=S) groups is 1. The molecule has 0 bridgehead atoms. The highest BCUT2D eigenvalue weighted by Crippen LogP contribution is 2.20. The van der Waals surface area contributed by atoms with Gasteiger partial charge in [-0.1, -0.05) is 18.3 Å². The van der Waals surface area contributed by atoms with Gasteiger partial charge in [-0.25, -0.2) is 4.98 Å². The molecule has 3 N–H and O–H groups in total. The summed E-state index contributed by atoms with van der Waals surface area (Å²) in [5, 5.41) is -0.0561. The van der Waals surface area contributed by atoms with Gasteiger partial charge >= 0.3 is 0 Å². The standard InChI is InChI=1S/C12H14N4O3S2/c1-16-6-12(14-8-16)21(17,18)15-9-3-2-4-10(5-9)19-7-11(13)20/h2-6,8,15H,7H2,1H3,(H2,13,20). The average Bonchev–Trinajstić information content (AvgIpc) is 2.84. The van der Waals surface area contributed by atoms with Crippen LogP contribution in [0.3, 0.4) is 0 Å². The number of hydrogen-bond acceptors (Lipinski definition) is 5. The molecule has 0 saturated heterocycles. The molecule has 1 aromatic heterocycles. The molecular formula is C12H14N4O3S2. The van der Waals surface area contributed by atoms with Crippen molar-refractivity contribution in [2.75, 3.05) is 11.3 Å². The Morgan fingerprint density at radius 2 is 2.29 bits per heavy atom. The Kier molecular flexibility index (Phi) is 4.43. The van der Waals surface area contributed by atoms with Crippen molar-refractivity contribution < 1.29 is 13.2 Å². The molecule has 0 aliphatic carbocycles. The number of hydrogen-bond donors (Lipinski definition) is 2. The number of aryl methyl sites for hydroxylation is 1. The molecule has 0 fully saturated rings. The number of imidazole rings is 1. The van der Waals surface area contributed by atoms with Crippen molar-refractivity contribution in [3.8, 4) is 5.75 Å². The molecule has 0 atom stereocenters. The zero-order valence-electron chi connectivity index (χ0n) is 11.2. The zero-order valence-corrected chi connectivity index (χ0v) is 12.8. The second-order valence-electron chi connectivity index (χ2n) is 4.27. The van der Waals surface area contributed by atoms with Crippen LogP contribution in [0.25, 0.3) is 0 Å². The molecule has 2 rings (SSSR count). The summed E-state index contributed by atoms with van der Waals surface area (Å²) in [6.07, 6.45) is 2.83. The fourth-order valence-corrected chi connectivity index (χ4v) is 2.63. The fraction of sp³-hybridized carbons (Fsp3) is 0.167. The third kappa shape index (κ3) is 4.17. The molecule has 0 unspecified atom stereocenters. The maximum absolute atomic E-state index is 12.1. The van der Waals surface area contributed by atoms with E-state index in [1.54, 1.807) is 35.9 Å². The van der Waals surface area contributed by atoms with E-state index in [-0.39, 0.29) is 16.6 Å². The number of sulfonamides is 1. The largest absolute Gasteiger partial charge is 0.486 e. The van der Waals surface area contributed by atoms with Gasteiger partial charge in [0.25, 0.3) is 10.0 Å². The van der Waals surface area contributed by atoms with Crippen LogP contribution in [0.2, 0.25) is 0 Å². The van der Waals surface area contributed by atoms with Gasteiger partial charge in [0.1, 0.15) is 17.3 Å². The van der Waals surface area contributed by atoms with Gasteiger partial charge in [-0.15, -0.1) is 0 Å². The topological polar surface area (TPSA) is 99.2 Å². The van der Waals surface area contributed by atoms with E-state index >= 15 is 0 Å². The van der Waals surface area contributed by atoms with Crippen molar-refractivity contribution in [2.45, 2.75) is 5.03 Å². The first-order valence-electron chi connectivity index (χ1n) is 5.89. The van der Waals surface area contributed by atoms with Gasteiger partial charge in [-0.05, 0) is 12.1 Å². The summed E-state index contributed by atoms with van der Waals surface area (Å²) in [5.74, 6) is 0.462. The lowest BCUT2D eigenvalue weighted by Crippen LogP contribution is -2.18. The molecule has 1 heterocycles. The van der Waals surface area contributed by atoms with Crippen LogP contribution >= 0.6 is 12.2 Å². The highest BCUT2D eigenvalue weighted by atomic mass is 32.2. The van der Waals surface area contributed by atoms with Gasteiger partial charge in [0.2, 0.25) is 0 Å². The lowest BCUT2D eigenvalue weighted by Gasteiger charge is -2.09. The molecule has 0 amide bonds. The first kappa shape index (κ1) is 15.3. The van der Waals surface area contributed by atoms with Crippen LogP contribution in [-0.4, -0.2) is 29.6 Å². The van der Waals surface area contributed by atoms with Gasteiger partial charge in [0.05, 0.1) is 12.0 Å². The molecule has 0 radical (unpaired) electrons. The minimum Gasteiger partial charge on any atom is -0.486 e. The summed E-state index contributed by atoms with van der Waals surface area (Å²) in [5.41, 5.74) is 5.70. The maximum atomic E-state index is 12.1. The molecule has 2 aromatic rings. The Labute approximate surface area is 127 Å². The highest BCUT2D eigenvalue weighted by molar-refractivity contribution is 7.92. The molecule has 9 heteroatoms. The lowest BCUT2D eigenvalue weighted by atomic mass is 10.3. The highest BCUT2D eigenvalue weighted by Gasteiger charge is 2.17. The van der Waals surface area contributed by atoms with Crippen molar-refractivity contribution in [1.29, 1.82) is 0 Å². The van der Waals surface area contributed by atoms with E-state index in [0.717, 1.165) is 0 Å². The number of aromatic nitrogens is 2. The molecule has 0 aliphatic rings. The van der Waals surface area contributed by atoms with E-state index in [1.807, 2.05) is 0 Å². The molecule has 1 aromatic carbocycles. The number of anilines is 1. The smallest absolute Gasteiger partial charge is 0.280 e. The SMILES string of the molecule is Cn1cnc(S(=O)(=O)Nc2cccc(OCC(N)=S)c2)c1. The Morgan fingerprint density at radius 1 is 1.52 bits per heavy atom. The molecule has 0 saturated carbocycles. The normalized spacial score (nSPS) is 11.1. The maximum Gasteiger partial charge on any atom is 0.280 e. The van der Waals surface area contributed by atoms with E-state index in [0.29, 0.717) is 11.4 Å². The van der Waals surface area contributed by atoms with E-state index in [2.05, 4.69) is 9.71 Å². The summed E-state index contributed by atoms with van der Waals surface area (Å²) in [6.45, 7) is 0.0891. The van der Waals surface area contributed by atoms with Gasteiger partial charge in [-0.3, -0.25) is 4.72 Å². The Bertz CT molecular complexity index is 755. The summed E-state index contributed by atoms with van der Waals surface area (Å²) in [7, 11) is -2.04. The predicted molar refractivity (Wildman–Crippen MR) is 82.7 cm³/mol. The third-order valence-corrected chi connectivity index (χ3v) is 3.81. The van der Waals surface area contributed by atoms with Crippen LogP contribution in [0.4, 0.5) is 5.69 Å². The zero-order chi connectivity index (χ0) is 15.5. The third-order valence-electron chi connectivity index (χ3n) is 2.42. The van der Waals surface area contributed by atoms with Crippen LogP contribution in [0.15, 0.2) is 41.8 Å². The number of nitrogens with zero attached hydrogens (tertiary/aromatic N) is 2. The number of nitrogens with two attached hydrogens (primary N) is 1. The summed E-state index contributed by atoms with van der Waals surface area (Å²) >= 11 is 4.71. The van der Waals surface area contributed by atoms with E-state index in [4.69, 9.17) is 22.7 Å². The van der Waals surface area contributed by atoms with Crippen LogP contribution in [-0.2, 0) is 17.1 Å². The minimum absolute atomic E-state index is 0.0561. The lowest BCUT2D eigenvalue weighted by molar-refractivity contribution is 0.378. The van der Waals surface area contributed by atoms with Gasteiger partial charge in [0, 0.05) is 19.3 Å². The first-order chi connectivity index (χ1) is 9.87. The summed E-state index contributed by atoms with van der Waals surface area (Å²) in [4.78, 5) is 4.03. The fourth-order valence-electron chi connectivity index (χ4n) is 1.54. The number of rotatable bonds is 6. The average molecular weight is 326 g/mol.